The molecule has 1 fully saturated rings. The Bertz CT molecular complexity index is 848. The third-order valence-electron chi connectivity index (χ3n) is 5.23. The lowest BCUT2D eigenvalue weighted by Gasteiger charge is -2.22. The van der Waals surface area contributed by atoms with Crippen LogP contribution in [0.25, 0.3) is 0 Å². The molecule has 0 aliphatic carbocycles. The summed E-state index contributed by atoms with van der Waals surface area (Å²) in [4.78, 5) is 6.05. The van der Waals surface area contributed by atoms with Gasteiger partial charge in [-0.25, -0.2) is 4.99 Å². The maximum Gasteiger partial charge on any atom is 0.401 e. The lowest BCUT2D eigenvalue weighted by atomic mass is 10.1. The van der Waals surface area contributed by atoms with Crippen molar-refractivity contribution in [2.45, 2.75) is 45.1 Å². The maximum atomic E-state index is 12.7. The number of benzene rings is 1. The second-order valence-corrected chi connectivity index (χ2v) is 7.64. The molecule has 1 aromatic carbocycles. The van der Waals surface area contributed by atoms with Crippen LogP contribution < -0.4 is 10.6 Å². The first-order valence-electron chi connectivity index (χ1n) is 9.97. The van der Waals surface area contributed by atoms with E-state index in [1.807, 2.05) is 55.8 Å². The number of aromatic nitrogens is 3. The van der Waals surface area contributed by atoms with E-state index in [1.165, 1.54) is 4.90 Å². The molecule has 0 saturated carbocycles. The summed E-state index contributed by atoms with van der Waals surface area (Å²) >= 11 is 0. The van der Waals surface area contributed by atoms with Gasteiger partial charge in [0.25, 0.3) is 0 Å². The van der Waals surface area contributed by atoms with Gasteiger partial charge in [0.15, 0.2) is 11.8 Å². The minimum Gasteiger partial charge on any atom is -0.352 e. The smallest absolute Gasteiger partial charge is 0.352 e. The summed E-state index contributed by atoms with van der Waals surface area (Å²) in [6.07, 6.45) is -3.56. The fourth-order valence-corrected chi connectivity index (χ4v) is 3.44. The maximum absolute atomic E-state index is 12.7. The van der Waals surface area contributed by atoms with Crippen LogP contribution >= 0.6 is 0 Å². The molecule has 1 aliphatic rings. The number of aliphatic imine (C=N–C) groups is 1. The van der Waals surface area contributed by atoms with Crippen molar-refractivity contribution in [2.75, 3.05) is 19.6 Å². The Hall–Kier alpha value is -2.62. The summed E-state index contributed by atoms with van der Waals surface area (Å²) in [6.45, 7) is 4.04. The summed E-state index contributed by atoms with van der Waals surface area (Å²) < 4.78 is 39.9. The molecule has 2 unspecified atom stereocenters. The van der Waals surface area contributed by atoms with Crippen molar-refractivity contribution in [1.82, 2.24) is 30.3 Å². The van der Waals surface area contributed by atoms with Gasteiger partial charge in [0.1, 0.15) is 12.4 Å². The summed E-state index contributed by atoms with van der Waals surface area (Å²) in [5.74, 6) is 2.05. The second-order valence-electron chi connectivity index (χ2n) is 7.64. The van der Waals surface area contributed by atoms with Crippen LogP contribution in [0.4, 0.5) is 13.2 Å². The molecule has 0 bridgehead atoms. The van der Waals surface area contributed by atoms with Crippen molar-refractivity contribution in [3.05, 3.63) is 47.5 Å². The monoisotopic (exact) mass is 423 g/mol. The molecule has 164 valence electrons. The van der Waals surface area contributed by atoms with Crippen molar-refractivity contribution in [3.8, 4) is 0 Å². The van der Waals surface area contributed by atoms with Crippen molar-refractivity contribution >= 4 is 5.96 Å². The van der Waals surface area contributed by atoms with Gasteiger partial charge in [0.2, 0.25) is 0 Å². The molecular formula is C20H28F3N7. The number of nitrogens with one attached hydrogen (secondary N) is 2. The van der Waals surface area contributed by atoms with Gasteiger partial charge in [0.05, 0.1) is 12.6 Å². The van der Waals surface area contributed by atoms with E-state index in [0.29, 0.717) is 37.8 Å². The summed E-state index contributed by atoms with van der Waals surface area (Å²) in [5.41, 5.74) is 1.09. The largest absolute Gasteiger partial charge is 0.401 e. The minimum atomic E-state index is -4.19. The number of aryl methyl sites for hydroxylation is 1. The van der Waals surface area contributed by atoms with Gasteiger partial charge in [-0.3, -0.25) is 4.90 Å². The highest BCUT2D eigenvalue weighted by molar-refractivity contribution is 5.80. The number of halogens is 3. The quantitative estimate of drug-likeness (QED) is 0.552. The molecule has 2 atom stereocenters. The van der Waals surface area contributed by atoms with E-state index in [-0.39, 0.29) is 12.1 Å². The molecular weight excluding hydrogens is 395 g/mol. The Balaban J connectivity index is 1.69. The molecule has 0 spiro atoms. The standard InChI is InChI=1S/C20H28F3N7/c1-14(16-7-5-4-6-8-16)25-19(24-11-18-28-27-15(2)29(18)3)26-17-9-10-30(12-17)13-20(21,22)23/h4-8,14,17H,9-13H2,1-3H3,(H2,24,25,26). The van der Waals surface area contributed by atoms with E-state index in [1.54, 1.807) is 0 Å². The average molecular weight is 423 g/mol. The topological polar surface area (TPSA) is 70.4 Å². The van der Waals surface area contributed by atoms with Gasteiger partial charge >= 0.3 is 6.18 Å². The predicted octanol–water partition coefficient (Wildman–Crippen LogP) is 2.56. The Morgan fingerprint density at radius 1 is 1.27 bits per heavy atom. The van der Waals surface area contributed by atoms with Crippen LogP contribution in [0.2, 0.25) is 0 Å². The van der Waals surface area contributed by atoms with E-state index in [0.717, 1.165) is 11.4 Å². The van der Waals surface area contributed by atoms with E-state index in [4.69, 9.17) is 0 Å². The van der Waals surface area contributed by atoms with Crippen LogP contribution in [0.1, 0.15) is 36.6 Å². The molecule has 3 rings (SSSR count). The van der Waals surface area contributed by atoms with Gasteiger partial charge in [-0.2, -0.15) is 13.2 Å². The van der Waals surface area contributed by atoms with Crippen molar-refractivity contribution in [1.29, 1.82) is 0 Å². The fourth-order valence-electron chi connectivity index (χ4n) is 3.44. The zero-order valence-electron chi connectivity index (χ0n) is 17.4. The van der Waals surface area contributed by atoms with Gasteiger partial charge in [-0.15, -0.1) is 10.2 Å². The molecule has 1 aliphatic heterocycles. The van der Waals surface area contributed by atoms with Crippen LogP contribution in [0.5, 0.6) is 0 Å². The highest BCUT2D eigenvalue weighted by Gasteiger charge is 2.34. The molecule has 2 aromatic rings. The number of nitrogens with zero attached hydrogens (tertiary/aromatic N) is 5. The second kappa shape index (κ2) is 9.46. The third-order valence-corrected chi connectivity index (χ3v) is 5.23. The highest BCUT2D eigenvalue weighted by atomic mass is 19.4. The van der Waals surface area contributed by atoms with E-state index in [2.05, 4.69) is 25.8 Å². The predicted molar refractivity (Wildman–Crippen MR) is 109 cm³/mol. The Labute approximate surface area is 174 Å². The Morgan fingerprint density at radius 3 is 2.63 bits per heavy atom. The van der Waals surface area contributed by atoms with E-state index >= 15 is 0 Å². The van der Waals surface area contributed by atoms with Crippen molar-refractivity contribution < 1.29 is 13.2 Å². The van der Waals surface area contributed by atoms with Crippen LogP contribution in [-0.4, -0.2) is 57.5 Å². The van der Waals surface area contributed by atoms with Crippen LogP contribution in [-0.2, 0) is 13.6 Å². The molecule has 0 radical (unpaired) electrons. The highest BCUT2D eigenvalue weighted by Crippen LogP contribution is 2.20. The normalized spacial score (nSPS) is 19.1. The number of alkyl halides is 3. The molecule has 30 heavy (non-hydrogen) atoms. The number of likely N-dealkylation sites (tertiary alicyclic amines) is 1. The average Bonchev–Trinajstić information content (AvgIpc) is 3.25. The van der Waals surface area contributed by atoms with Gasteiger partial charge in [0, 0.05) is 26.2 Å². The van der Waals surface area contributed by atoms with Crippen molar-refractivity contribution in [2.24, 2.45) is 12.0 Å². The van der Waals surface area contributed by atoms with Gasteiger partial charge < -0.3 is 15.2 Å². The molecule has 1 saturated heterocycles. The Morgan fingerprint density at radius 2 is 2.00 bits per heavy atom. The fraction of sp³-hybridized carbons (Fsp3) is 0.550. The molecule has 1 aromatic heterocycles. The minimum absolute atomic E-state index is 0.0219. The SMILES string of the molecule is Cc1nnc(CN=C(NC2CCN(CC(F)(F)F)C2)NC(C)c2ccccc2)n1C. The zero-order chi connectivity index (χ0) is 21.7. The number of rotatable bonds is 6. The van der Waals surface area contributed by atoms with Crippen LogP contribution in [0.3, 0.4) is 0 Å². The lowest BCUT2D eigenvalue weighted by molar-refractivity contribution is -0.143. The number of hydrogen-bond acceptors (Lipinski definition) is 4. The first kappa shape index (κ1) is 22.1. The summed E-state index contributed by atoms with van der Waals surface area (Å²) in [6, 6.07) is 9.78. The summed E-state index contributed by atoms with van der Waals surface area (Å²) in [7, 11) is 1.87. The van der Waals surface area contributed by atoms with E-state index in [9.17, 15) is 13.2 Å². The van der Waals surface area contributed by atoms with Crippen molar-refractivity contribution in [3.63, 3.8) is 0 Å². The molecule has 2 N–H and O–H groups in total. The molecule has 7 nitrogen and oxygen atoms in total. The van der Waals surface area contributed by atoms with Crippen LogP contribution in [0.15, 0.2) is 35.3 Å². The molecule has 0 amide bonds. The van der Waals surface area contributed by atoms with Gasteiger partial charge in [-0.1, -0.05) is 30.3 Å². The summed E-state index contributed by atoms with van der Waals surface area (Å²) in [5, 5.41) is 14.8. The number of hydrogen-bond donors (Lipinski definition) is 2. The molecule has 2 heterocycles. The lowest BCUT2D eigenvalue weighted by Crippen LogP contribution is -2.46. The third kappa shape index (κ3) is 6.19. The van der Waals surface area contributed by atoms with Gasteiger partial charge in [-0.05, 0) is 25.8 Å². The van der Waals surface area contributed by atoms with E-state index < -0.39 is 12.7 Å². The van der Waals surface area contributed by atoms with Crippen LogP contribution in [0, 0.1) is 6.92 Å². The number of guanidine groups is 1. The first-order chi connectivity index (χ1) is 14.2. The molecule has 10 heteroatoms. The first-order valence-corrected chi connectivity index (χ1v) is 9.97. The zero-order valence-corrected chi connectivity index (χ0v) is 17.4. The Kier molecular flexibility index (Phi) is 6.96.